The first-order valence-corrected chi connectivity index (χ1v) is 11.5. The first kappa shape index (κ1) is 22.4. The third kappa shape index (κ3) is 4.25. The van der Waals surface area contributed by atoms with Gasteiger partial charge in [0.25, 0.3) is 5.91 Å². The zero-order valence-corrected chi connectivity index (χ0v) is 18.6. The molecule has 1 fully saturated rings. The third-order valence-electron chi connectivity index (χ3n) is 6.31. The summed E-state index contributed by atoms with van der Waals surface area (Å²) < 4.78 is 0.788. The number of carboxylic acids is 1. The van der Waals surface area contributed by atoms with Crippen LogP contribution in [0.4, 0.5) is 0 Å². The van der Waals surface area contributed by atoms with Gasteiger partial charge < -0.3 is 14.9 Å². The molecule has 2 heterocycles. The molecule has 1 aromatic rings. The minimum atomic E-state index is -1.07. The van der Waals surface area contributed by atoms with Crippen molar-refractivity contribution in [1.29, 1.82) is 0 Å². The summed E-state index contributed by atoms with van der Waals surface area (Å²) >= 11 is 1.53. The van der Waals surface area contributed by atoms with Crippen molar-refractivity contribution in [3.63, 3.8) is 0 Å². The summed E-state index contributed by atoms with van der Waals surface area (Å²) in [6.07, 6.45) is 0.193. The van der Waals surface area contributed by atoms with Crippen LogP contribution in [0, 0.1) is 0 Å². The van der Waals surface area contributed by atoms with E-state index in [-0.39, 0.29) is 29.3 Å². The average molecular weight is 433 g/mol. The van der Waals surface area contributed by atoms with Gasteiger partial charge >= 0.3 is 5.97 Å². The van der Waals surface area contributed by atoms with E-state index in [0.717, 1.165) is 35.3 Å². The standard InChI is InChI=1S/C22H29N3O4S/c1-4-25(5-2,6-3)13-16-14-30-21-18(20(27)24(21)19(16)22(28)29)23-17(26)12-15-10-8-7-9-11-15/h7-11,18,21H,4-6,12-14H2,1-3H3,(H-,23,26,28,29)/p+1/t18-,21+/m1/s1. The maximum absolute atomic E-state index is 12.8. The highest BCUT2D eigenvalue weighted by atomic mass is 32.2. The van der Waals surface area contributed by atoms with Gasteiger partial charge in [-0.2, -0.15) is 0 Å². The first-order valence-electron chi connectivity index (χ1n) is 10.4. The van der Waals surface area contributed by atoms with Crippen LogP contribution in [0.5, 0.6) is 0 Å². The van der Waals surface area contributed by atoms with E-state index in [0.29, 0.717) is 12.3 Å². The normalized spacial score (nSPS) is 21.2. The van der Waals surface area contributed by atoms with Gasteiger partial charge in [-0.25, -0.2) is 4.79 Å². The zero-order chi connectivity index (χ0) is 21.9. The number of hydrogen-bond acceptors (Lipinski definition) is 4. The molecule has 2 amide bonds. The molecule has 2 aliphatic heterocycles. The molecule has 3 rings (SSSR count). The van der Waals surface area contributed by atoms with E-state index < -0.39 is 12.0 Å². The van der Waals surface area contributed by atoms with E-state index in [9.17, 15) is 19.5 Å². The number of aliphatic carboxylic acids is 1. The Labute approximate surface area is 181 Å². The second-order valence-electron chi connectivity index (χ2n) is 7.82. The van der Waals surface area contributed by atoms with Gasteiger partial charge in [-0.15, -0.1) is 11.8 Å². The average Bonchev–Trinajstić information content (AvgIpc) is 2.76. The Morgan fingerprint density at radius 1 is 1.17 bits per heavy atom. The Bertz CT molecular complexity index is 843. The fraction of sp³-hybridized carbons (Fsp3) is 0.500. The molecule has 0 aromatic heterocycles. The van der Waals surface area contributed by atoms with Crippen LogP contribution in [0.2, 0.25) is 0 Å². The molecule has 2 aliphatic rings. The molecular formula is C22H30N3O4S+. The van der Waals surface area contributed by atoms with Crippen molar-refractivity contribution in [1.82, 2.24) is 10.2 Å². The van der Waals surface area contributed by atoms with Crippen molar-refractivity contribution >= 4 is 29.5 Å². The molecule has 0 unspecified atom stereocenters. The van der Waals surface area contributed by atoms with Gasteiger partial charge in [0.15, 0.2) is 0 Å². The fourth-order valence-electron chi connectivity index (χ4n) is 4.22. The van der Waals surface area contributed by atoms with E-state index in [1.54, 1.807) is 0 Å². The van der Waals surface area contributed by atoms with Gasteiger partial charge in [-0.1, -0.05) is 30.3 Å². The third-order valence-corrected chi connectivity index (χ3v) is 7.65. The molecule has 162 valence electrons. The Kier molecular flexibility index (Phi) is 6.88. The number of benzene rings is 1. The van der Waals surface area contributed by atoms with Crippen molar-refractivity contribution in [3.8, 4) is 0 Å². The summed E-state index contributed by atoms with van der Waals surface area (Å²) in [5, 5.41) is 12.3. The number of fused-ring (bicyclic) bond motifs is 1. The monoisotopic (exact) mass is 432 g/mol. The fourth-order valence-corrected chi connectivity index (χ4v) is 5.56. The topological polar surface area (TPSA) is 86.7 Å². The van der Waals surface area contributed by atoms with Crippen LogP contribution in [0.25, 0.3) is 0 Å². The highest BCUT2D eigenvalue weighted by molar-refractivity contribution is 8.00. The summed E-state index contributed by atoms with van der Waals surface area (Å²) in [7, 11) is 0. The predicted octanol–water partition coefficient (Wildman–Crippen LogP) is 1.84. The Morgan fingerprint density at radius 3 is 2.37 bits per heavy atom. The van der Waals surface area contributed by atoms with Crippen LogP contribution in [-0.4, -0.2) is 75.6 Å². The molecule has 8 heteroatoms. The summed E-state index contributed by atoms with van der Waals surface area (Å²) in [6.45, 7) is 9.68. The quantitative estimate of drug-likeness (QED) is 0.459. The molecule has 30 heavy (non-hydrogen) atoms. The van der Waals surface area contributed by atoms with Crippen LogP contribution in [0.1, 0.15) is 26.3 Å². The van der Waals surface area contributed by atoms with Gasteiger partial charge in [0.2, 0.25) is 5.91 Å². The molecule has 1 saturated heterocycles. The molecule has 0 bridgehead atoms. The maximum Gasteiger partial charge on any atom is 0.352 e. The second-order valence-corrected chi connectivity index (χ2v) is 8.93. The van der Waals surface area contributed by atoms with Crippen LogP contribution in [0.3, 0.4) is 0 Å². The van der Waals surface area contributed by atoms with Crippen LogP contribution in [-0.2, 0) is 20.8 Å². The lowest BCUT2D eigenvalue weighted by Gasteiger charge is -2.50. The Balaban J connectivity index is 1.75. The van der Waals surface area contributed by atoms with Gasteiger partial charge in [0.05, 0.1) is 26.1 Å². The molecule has 2 N–H and O–H groups in total. The summed E-state index contributed by atoms with van der Waals surface area (Å²) in [4.78, 5) is 38.6. The van der Waals surface area contributed by atoms with Crippen molar-refractivity contribution in [2.75, 3.05) is 31.9 Å². The van der Waals surface area contributed by atoms with E-state index in [1.807, 2.05) is 30.3 Å². The summed E-state index contributed by atoms with van der Waals surface area (Å²) in [6, 6.07) is 8.66. The number of carbonyl (C=O) groups excluding carboxylic acids is 2. The highest BCUT2D eigenvalue weighted by Gasteiger charge is 2.54. The number of nitrogens with zero attached hydrogens (tertiary/aromatic N) is 2. The lowest BCUT2D eigenvalue weighted by molar-refractivity contribution is -0.918. The lowest BCUT2D eigenvalue weighted by atomic mass is 10.0. The number of thioether (sulfide) groups is 1. The van der Waals surface area contributed by atoms with Crippen molar-refractivity contribution < 1.29 is 24.0 Å². The maximum atomic E-state index is 12.8. The Morgan fingerprint density at radius 2 is 1.80 bits per heavy atom. The number of quaternary nitrogens is 1. The van der Waals surface area contributed by atoms with E-state index in [2.05, 4.69) is 26.1 Å². The molecule has 1 aromatic carbocycles. The van der Waals surface area contributed by atoms with Gasteiger partial charge in [0.1, 0.15) is 23.7 Å². The number of hydrogen-bond donors (Lipinski definition) is 2. The number of carboxylic acid groups (broad SMARTS) is 1. The molecule has 0 aliphatic carbocycles. The molecule has 7 nitrogen and oxygen atoms in total. The summed E-state index contributed by atoms with van der Waals surface area (Å²) in [5.74, 6) is -1.09. The molecule has 0 radical (unpaired) electrons. The number of β-lactam (4-membered cyclic amide) rings is 1. The summed E-state index contributed by atoms with van der Waals surface area (Å²) in [5.41, 5.74) is 1.78. The van der Waals surface area contributed by atoms with Gasteiger partial charge in [-0.3, -0.25) is 14.5 Å². The minimum Gasteiger partial charge on any atom is -0.477 e. The predicted molar refractivity (Wildman–Crippen MR) is 117 cm³/mol. The SMILES string of the molecule is CC[N+](CC)(CC)CC1=C(C(=O)O)N2C(=O)[C@@H](NC(=O)Cc3ccccc3)[C@@H]2SC1. The highest BCUT2D eigenvalue weighted by Crippen LogP contribution is 2.41. The van der Waals surface area contributed by atoms with Crippen LogP contribution in [0.15, 0.2) is 41.6 Å². The molecule has 0 spiro atoms. The van der Waals surface area contributed by atoms with Crippen molar-refractivity contribution in [2.45, 2.75) is 38.6 Å². The number of amides is 2. The van der Waals surface area contributed by atoms with Crippen molar-refractivity contribution in [3.05, 3.63) is 47.2 Å². The first-order chi connectivity index (χ1) is 14.4. The smallest absolute Gasteiger partial charge is 0.352 e. The largest absolute Gasteiger partial charge is 0.477 e. The van der Waals surface area contributed by atoms with E-state index >= 15 is 0 Å². The second kappa shape index (κ2) is 9.22. The number of likely N-dealkylation sites (N-methyl/N-ethyl adjacent to an activating group) is 1. The molecule has 2 atom stereocenters. The number of rotatable bonds is 9. The van der Waals surface area contributed by atoms with Gasteiger partial charge in [-0.05, 0) is 26.3 Å². The Hall–Kier alpha value is -2.32. The van der Waals surface area contributed by atoms with Crippen molar-refractivity contribution in [2.24, 2.45) is 0 Å². The zero-order valence-electron chi connectivity index (χ0n) is 17.8. The molecular weight excluding hydrogens is 402 g/mol. The molecule has 0 saturated carbocycles. The van der Waals surface area contributed by atoms with Gasteiger partial charge in [0, 0.05) is 11.3 Å². The lowest BCUT2D eigenvalue weighted by Crippen LogP contribution is -2.71. The van der Waals surface area contributed by atoms with Crippen LogP contribution >= 0.6 is 11.8 Å². The van der Waals surface area contributed by atoms with Crippen LogP contribution < -0.4 is 5.32 Å². The number of nitrogens with one attached hydrogen (secondary N) is 1. The van der Waals surface area contributed by atoms with E-state index in [1.165, 1.54) is 16.7 Å². The number of carbonyl (C=O) groups is 3. The minimum absolute atomic E-state index is 0.107. The van der Waals surface area contributed by atoms with E-state index in [4.69, 9.17) is 0 Å².